The van der Waals surface area contributed by atoms with Crippen molar-refractivity contribution in [3.05, 3.63) is 78.8 Å². The minimum absolute atomic E-state index is 0. The van der Waals surface area contributed by atoms with Crippen LogP contribution in [0.5, 0.6) is 11.5 Å². The molecule has 3 aromatic rings. The number of benzene rings is 2. The topological polar surface area (TPSA) is 82.0 Å². The van der Waals surface area contributed by atoms with E-state index in [-0.39, 0.29) is 24.0 Å². The van der Waals surface area contributed by atoms with E-state index >= 15 is 0 Å². The molecule has 0 bridgehead atoms. The highest BCUT2D eigenvalue weighted by molar-refractivity contribution is 14.0. The monoisotopic (exact) mass is 493 g/mol. The second-order valence-corrected chi connectivity index (χ2v) is 5.82. The molecule has 0 atom stereocenters. The fourth-order valence-corrected chi connectivity index (χ4v) is 2.38. The van der Waals surface area contributed by atoms with Crippen LogP contribution in [-0.2, 0) is 11.3 Å². The summed E-state index contributed by atoms with van der Waals surface area (Å²) < 4.78 is 16.5. The minimum Gasteiger partial charge on any atom is -0.467 e. The first kappa shape index (κ1) is 21.8. The zero-order valence-corrected chi connectivity index (χ0v) is 17.7. The van der Waals surface area contributed by atoms with E-state index in [0.717, 1.165) is 29.4 Å². The van der Waals surface area contributed by atoms with Gasteiger partial charge in [0.1, 0.15) is 23.9 Å². The molecule has 2 aromatic carbocycles. The van der Waals surface area contributed by atoms with Gasteiger partial charge in [-0.3, -0.25) is 4.99 Å². The average Bonchev–Trinajstić information content (AvgIpc) is 3.19. The van der Waals surface area contributed by atoms with Crippen LogP contribution < -0.4 is 15.8 Å². The molecule has 0 fully saturated rings. The van der Waals surface area contributed by atoms with Crippen molar-refractivity contribution in [3.63, 3.8) is 0 Å². The van der Waals surface area contributed by atoms with Gasteiger partial charge in [-0.1, -0.05) is 24.3 Å². The van der Waals surface area contributed by atoms with Crippen molar-refractivity contribution >= 4 is 35.6 Å². The van der Waals surface area contributed by atoms with Crippen molar-refractivity contribution in [2.75, 3.05) is 18.5 Å². The fourth-order valence-electron chi connectivity index (χ4n) is 2.38. The maximum absolute atomic E-state index is 5.94. The van der Waals surface area contributed by atoms with Crippen LogP contribution in [0.4, 0.5) is 5.69 Å². The molecule has 3 rings (SSSR count). The Morgan fingerprint density at radius 1 is 1.00 bits per heavy atom. The molecule has 0 amide bonds. The number of guanidine groups is 1. The largest absolute Gasteiger partial charge is 0.467 e. The van der Waals surface area contributed by atoms with Gasteiger partial charge in [-0.15, -0.1) is 24.0 Å². The molecule has 1 aromatic heterocycles. The van der Waals surface area contributed by atoms with Crippen LogP contribution in [0.2, 0.25) is 0 Å². The molecule has 3 N–H and O–H groups in total. The van der Waals surface area contributed by atoms with Crippen LogP contribution in [0.3, 0.4) is 0 Å². The van der Waals surface area contributed by atoms with Gasteiger partial charge in [0, 0.05) is 24.9 Å². The van der Waals surface area contributed by atoms with Crippen LogP contribution in [0.1, 0.15) is 12.2 Å². The Kier molecular flexibility index (Phi) is 9.36. The lowest BCUT2D eigenvalue weighted by atomic mass is 10.3. The highest BCUT2D eigenvalue weighted by atomic mass is 127. The summed E-state index contributed by atoms with van der Waals surface area (Å²) in [4.78, 5) is 4.31. The molecule has 148 valence electrons. The quantitative estimate of drug-likeness (QED) is 0.189. The second-order valence-electron chi connectivity index (χ2n) is 5.82. The molecular weight excluding hydrogens is 469 g/mol. The Morgan fingerprint density at radius 2 is 1.82 bits per heavy atom. The van der Waals surface area contributed by atoms with E-state index in [1.165, 1.54) is 0 Å². The lowest BCUT2D eigenvalue weighted by Crippen LogP contribution is -2.23. The summed E-state index contributed by atoms with van der Waals surface area (Å²) >= 11 is 0. The third kappa shape index (κ3) is 7.61. The number of hydrogen-bond acceptors (Lipinski definition) is 4. The van der Waals surface area contributed by atoms with Crippen molar-refractivity contribution in [3.8, 4) is 11.5 Å². The molecule has 0 unspecified atom stereocenters. The summed E-state index contributed by atoms with van der Waals surface area (Å²) in [7, 11) is 0. The van der Waals surface area contributed by atoms with Crippen molar-refractivity contribution in [2.45, 2.75) is 13.0 Å². The summed E-state index contributed by atoms with van der Waals surface area (Å²) in [6, 6.07) is 20.9. The third-order valence-corrected chi connectivity index (χ3v) is 3.64. The van der Waals surface area contributed by atoms with Crippen LogP contribution >= 0.6 is 24.0 Å². The standard InChI is InChI=1S/C21H23N3O3.HI/c22-21(23-12-6-13-25-16-20-11-5-14-26-20)24-17-7-4-10-19(15-17)27-18-8-2-1-3-9-18;/h1-5,7-11,14-15H,6,12-13,16H2,(H3,22,23,24);1H. The Bertz CT molecular complexity index is 839. The van der Waals surface area contributed by atoms with E-state index in [0.29, 0.717) is 25.7 Å². The molecule has 0 radical (unpaired) electrons. The predicted molar refractivity (Wildman–Crippen MR) is 121 cm³/mol. The van der Waals surface area contributed by atoms with E-state index in [1.54, 1.807) is 6.26 Å². The highest BCUT2D eigenvalue weighted by Gasteiger charge is 2.00. The molecule has 0 saturated heterocycles. The first-order valence-electron chi connectivity index (χ1n) is 8.79. The Balaban J connectivity index is 0.00000280. The molecule has 7 heteroatoms. The summed E-state index contributed by atoms with van der Waals surface area (Å²) in [6.07, 6.45) is 2.41. The Labute approximate surface area is 181 Å². The molecule has 0 spiro atoms. The number of nitrogens with one attached hydrogen (secondary N) is 1. The summed E-state index contributed by atoms with van der Waals surface area (Å²) in [5, 5.41) is 3.07. The second kappa shape index (κ2) is 12.0. The number of nitrogens with two attached hydrogens (primary N) is 1. The van der Waals surface area contributed by atoms with Crippen molar-refractivity contribution in [1.29, 1.82) is 0 Å². The number of para-hydroxylation sites is 1. The lowest BCUT2D eigenvalue weighted by molar-refractivity contribution is 0.105. The number of anilines is 1. The van der Waals surface area contributed by atoms with Crippen molar-refractivity contribution in [2.24, 2.45) is 10.7 Å². The van der Waals surface area contributed by atoms with Gasteiger partial charge in [0.15, 0.2) is 5.96 Å². The van der Waals surface area contributed by atoms with Gasteiger partial charge in [0.2, 0.25) is 0 Å². The summed E-state index contributed by atoms with van der Waals surface area (Å²) in [6.45, 7) is 1.65. The number of furan rings is 1. The molecule has 1 heterocycles. The third-order valence-electron chi connectivity index (χ3n) is 3.64. The molecule has 0 aliphatic rings. The molecule has 0 aliphatic heterocycles. The predicted octanol–water partition coefficient (Wildman–Crippen LogP) is 5.02. The highest BCUT2D eigenvalue weighted by Crippen LogP contribution is 2.23. The summed E-state index contributed by atoms with van der Waals surface area (Å²) in [5.41, 5.74) is 6.76. The normalized spacial score (nSPS) is 10.9. The number of aliphatic imine (C=N–C) groups is 1. The summed E-state index contributed by atoms with van der Waals surface area (Å²) in [5.74, 6) is 2.69. The van der Waals surface area contributed by atoms with E-state index in [9.17, 15) is 0 Å². The van der Waals surface area contributed by atoms with Gasteiger partial charge in [-0.2, -0.15) is 0 Å². The smallest absolute Gasteiger partial charge is 0.193 e. The molecule has 6 nitrogen and oxygen atoms in total. The Hall–Kier alpha value is -2.52. The van der Waals surface area contributed by atoms with E-state index in [4.69, 9.17) is 19.6 Å². The van der Waals surface area contributed by atoms with Crippen LogP contribution in [-0.4, -0.2) is 19.1 Å². The maximum atomic E-state index is 5.94. The molecule has 28 heavy (non-hydrogen) atoms. The van der Waals surface area contributed by atoms with E-state index in [2.05, 4.69) is 10.3 Å². The van der Waals surface area contributed by atoms with Gasteiger partial charge >= 0.3 is 0 Å². The zero-order chi connectivity index (χ0) is 18.7. The average molecular weight is 493 g/mol. The first-order chi connectivity index (χ1) is 13.3. The van der Waals surface area contributed by atoms with Crippen molar-refractivity contribution in [1.82, 2.24) is 0 Å². The Morgan fingerprint density at radius 3 is 2.61 bits per heavy atom. The van der Waals surface area contributed by atoms with Gasteiger partial charge in [0.05, 0.1) is 6.26 Å². The number of halogens is 1. The molecular formula is C21H24IN3O3. The fraction of sp³-hybridized carbons (Fsp3) is 0.190. The van der Waals surface area contributed by atoms with Gasteiger partial charge < -0.3 is 24.9 Å². The first-order valence-corrected chi connectivity index (χ1v) is 8.79. The number of ether oxygens (including phenoxy) is 2. The van der Waals surface area contributed by atoms with Crippen molar-refractivity contribution < 1.29 is 13.9 Å². The van der Waals surface area contributed by atoms with E-state index in [1.807, 2.05) is 66.7 Å². The van der Waals surface area contributed by atoms with Crippen LogP contribution in [0.15, 0.2) is 82.4 Å². The lowest BCUT2D eigenvalue weighted by Gasteiger charge is -2.09. The number of rotatable bonds is 9. The van der Waals surface area contributed by atoms with Crippen LogP contribution in [0, 0.1) is 0 Å². The number of nitrogens with zero attached hydrogens (tertiary/aromatic N) is 1. The minimum atomic E-state index is 0. The van der Waals surface area contributed by atoms with E-state index < -0.39 is 0 Å². The van der Waals surface area contributed by atoms with Crippen LogP contribution in [0.25, 0.3) is 0 Å². The van der Waals surface area contributed by atoms with Gasteiger partial charge in [0.25, 0.3) is 0 Å². The van der Waals surface area contributed by atoms with Gasteiger partial charge in [-0.25, -0.2) is 0 Å². The molecule has 0 aliphatic carbocycles. The maximum Gasteiger partial charge on any atom is 0.193 e. The number of hydrogen-bond donors (Lipinski definition) is 2. The zero-order valence-electron chi connectivity index (χ0n) is 15.4. The SMILES string of the molecule is I.NC(=NCCCOCc1ccco1)Nc1cccc(Oc2ccccc2)c1. The molecule has 0 saturated carbocycles. The van der Waals surface area contributed by atoms with Gasteiger partial charge in [-0.05, 0) is 42.8 Å².